The number of unbranched alkanes of at least 4 members (excludes halogenated alkanes) is 5. The minimum atomic E-state index is -7.92. The second kappa shape index (κ2) is 14.4. The fraction of sp³-hybridized carbons (Fsp3) is 0.615. The van der Waals surface area contributed by atoms with Crippen LogP contribution in [0.25, 0.3) is 11.4 Å². The molecule has 0 radical (unpaired) electrons. The molecule has 0 bridgehead atoms. The molecule has 1 aromatic carbocycles. The number of halogens is 15. The van der Waals surface area contributed by atoms with Crippen molar-refractivity contribution in [3.63, 3.8) is 0 Å². The van der Waals surface area contributed by atoms with E-state index in [0.29, 0.717) is 5.56 Å². The molecule has 46 heavy (non-hydrogen) atoms. The van der Waals surface area contributed by atoms with Gasteiger partial charge in [0, 0.05) is 18.0 Å². The maximum atomic E-state index is 13.9. The fourth-order valence-electron chi connectivity index (χ4n) is 3.53. The number of nitrogens with zero attached hydrogens (tertiary/aromatic N) is 2. The van der Waals surface area contributed by atoms with E-state index < -0.39 is 54.8 Å². The second-order valence-corrected chi connectivity index (χ2v) is 9.78. The van der Waals surface area contributed by atoms with Crippen molar-refractivity contribution in [1.82, 2.24) is 9.97 Å². The van der Waals surface area contributed by atoms with Crippen LogP contribution in [0.2, 0.25) is 0 Å². The number of ether oxygens (including phenoxy) is 3. The molecule has 0 unspecified atom stereocenters. The number of hydrogen-bond donors (Lipinski definition) is 0. The van der Waals surface area contributed by atoms with Crippen LogP contribution in [-0.4, -0.2) is 59.0 Å². The number of aromatic nitrogens is 2. The van der Waals surface area contributed by atoms with Gasteiger partial charge in [-0.3, -0.25) is 0 Å². The average Bonchev–Trinajstić information content (AvgIpc) is 2.92. The lowest BCUT2D eigenvalue weighted by Crippen LogP contribution is -2.64. The van der Waals surface area contributed by atoms with Crippen LogP contribution in [-0.2, 0) is 15.9 Å². The second-order valence-electron chi connectivity index (χ2n) is 9.78. The van der Waals surface area contributed by atoms with E-state index in [1.54, 1.807) is 17.1 Å². The molecule has 0 N–H and O–H groups in total. The normalized spacial score (nSPS) is 14.1. The van der Waals surface area contributed by atoms with Crippen LogP contribution in [0.4, 0.5) is 65.9 Å². The minimum Gasteiger partial charge on any atom is -0.484 e. The van der Waals surface area contributed by atoms with Gasteiger partial charge < -0.3 is 4.74 Å². The Morgan fingerprint density at radius 3 is 1.61 bits per heavy atom. The molecule has 0 aliphatic rings. The summed E-state index contributed by atoms with van der Waals surface area (Å²) in [6.45, 7) is -0.244. The largest absolute Gasteiger partial charge is 0.484 e. The van der Waals surface area contributed by atoms with E-state index in [1.807, 2.05) is 0 Å². The molecule has 20 heteroatoms. The Kier molecular flexibility index (Phi) is 12.2. The van der Waals surface area contributed by atoms with Crippen molar-refractivity contribution in [2.75, 3.05) is 6.61 Å². The van der Waals surface area contributed by atoms with Crippen LogP contribution in [0, 0.1) is 0 Å². The lowest BCUT2D eigenvalue weighted by Gasteiger charge is -2.36. The molecule has 5 nitrogen and oxygen atoms in total. The summed E-state index contributed by atoms with van der Waals surface area (Å²) in [6, 6.07) is 4.37. The van der Waals surface area contributed by atoms with Gasteiger partial charge in [0.1, 0.15) is 5.75 Å². The highest BCUT2D eigenvalue weighted by atomic mass is 19.4. The standard InChI is InChI=1S/C26H25F15N2O3/c1-2-3-4-5-6-7-8-16-13-42-19(43-14-16)17-9-11-18(12-10-17)44-15-20(27,28)45-25(38,39)26(40,41)46-24(36,37)22(31,32)21(29,30)23(33,34)35/h9-14H,2-8,15H2,1H3. The van der Waals surface area contributed by atoms with E-state index in [2.05, 4.69) is 26.4 Å². The monoisotopic (exact) mass is 698 g/mol. The van der Waals surface area contributed by atoms with E-state index in [4.69, 9.17) is 0 Å². The zero-order valence-corrected chi connectivity index (χ0v) is 23.4. The summed E-state index contributed by atoms with van der Waals surface area (Å²) in [5.41, 5.74) is 1.17. The van der Waals surface area contributed by atoms with Gasteiger partial charge in [0.15, 0.2) is 12.4 Å². The van der Waals surface area contributed by atoms with Gasteiger partial charge in [-0.05, 0) is 42.7 Å². The Morgan fingerprint density at radius 1 is 0.587 bits per heavy atom. The maximum Gasteiger partial charge on any atom is 0.460 e. The molecule has 0 saturated carbocycles. The number of aryl methyl sites for hydroxylation is 1. The average molecular weight is 698 g/mol. The van der Waals surface area contributed by atoms with E-state index in [9.17, 15) is 65.9 Å². The Balaban J connectivity index is 2.01. The van der Waals surface area contributed by atoms with Crippen molar-refractivity contribution >= 4 is 0 Å². The van der Waals surface area contributed by atoms with Crippen LogP contribution < -0.4 is 4.74 Å². The van der Waals surface area contributed by atoms with Gasteiger partial charge in [-0.1, -0.05) is 39.0 Å². The molecule has 0 saturated heterocycles. The van der Waals surface area contributed by atoms with Crippen LogP contribution in [0.5, 0.6) is 5.75 Å². The van der Waals surface area contributed by atoms with Crippen molar-refractivity contribution < 1.29 is 80.1 Å². The first kappa shape index (κ1) is 39.1. The quantitative estimate of drug-likeness (QED) is 0.115. The fourth-order valence-corrected chi connectivity index (χ4v) is 3.53. The Morgan fingerprint density at radius 2 is 1.09 bits per heavy atom. The van der Waals surface area contributed by atoms with Crippen molar-refractivity contribution in [1.29, 1.82) is 0 Å². The predicted molar refractivity (Wildman–Crippen MR) is 128 cm³/mol. The summed E-state index contributed by atoms with van der Waals surface area (Å²) in [5, 5.41) is 0. The summed E-state index contributed by atoms with van der Waals surface area (Å²) < 4.78 is 205. The zero-order valence-electron chi connectivity index (χ0n) is 23.4. The molecule has 1 aromatic heterocycles. The molecule has 0 aliphatic heterocycles. The van der Waals surface area contributed by atoms with Crippen molar-refractivity contribution in [3.05, 3.63) is 42.2 Å². The highest BCUT2D eigenvalue weighted by Gasteiger charge is 2.85. The van der Waals surface area contributed by atoms with E-state index >= 15 is 0 Å². The number of alkyl halides is 15. The van der Waals surface area contributed by atoms with Crippen LogP contribution in [0.3, 0.4) is 0 Å². The molecule has 1 heterocycles. The van der Waals surface area contributed by atoms with Crippen LogP contribution in [0.1, 0.15) is 51.0 Å². The molecule has 262 valence electrons. The maximum absolute atomic E-state index is 13.9. The summed E-state index contributed by atoms with van der Waals surface area (Å²) in [4.78, 5) is 8.33. The Labute approximate surface area is 251 Å². The lowest BCUT2D eigenvalue weighted by molar-refractivity contribution is -0.542. The lowest BCUT2D eigenvalue weighted by atomic mass is 10.1. The number of hydrogen-bond acceptors (Lipinski definition) is 5. The van der Waals surface area contributed by atoms with Gasteiger partial charge in [0.2, 0.25) is 0 Å². The molecule has 0 spiro atoms. The van der Waals surface area contributed by atoms with Crippen LogP contribution in [0.15, 0.2) is 36.7 Å². The van der Waals surface area contributed by atoms with Gasteiger partial charge in [-0.15, -0.1) is 0 Å². The molecule has 0 atom stereocenters. The highest BCUT2D eigenvalue weighted by Crippen LogP contribution is 2.56. The Bertz CT molecular complexity index is 1240. The summed E-state index contributed by atoms with van der Waals surface area (Å²) >= 11 is 0. The van der Waals surface area contributed by atoms with Crippen molar-refractivity contribution in [3.8, 4) is 17.1 Å². The summed E-state index contributed by atoms with van der Waals surface area (Å²) in [7, 11) is 0. The topological polar surface area (TPSA) is 53.5 Å². The molecule has 0 aliphatic carbocycles. The highest BCUT2D eigenvalue weighted by molar-refractivity contribution is 5.55. The molecule has 2 rings (SSSR count). The first-order chi connectivity index (χ1) is 20.9. The van der Waals surface area contributed by atoms with E-state index in [1.165, 1.54) is 12.1 Å². The number of rotatable bonds is 18. The molecular formula is C26H25F15N2O3. The van der Waals surface area contributed by atoms with E-state index in [0.717, 1.165) is 62.6 Å². The first-order valence-electron chi connectivity index (χ1n) is 13.2. The Hall–Kier alpha value is -3.03. The minimum absolute atomic E-state index is 0.184. The summed E-state index contributed by atoms with van der Waals surface area (Å²) in [6.07, 6.45) is -24.8. The van der Waals surface area contributed by atoms with Gasteiger partial charge in [0.05, 0.1) is 0 Å². The van der Waals surface area contributed by atoms with Crippen molar-refractivity contribution in [2.24, 2.45) is 0 Å². The zero-order chi connectivity index (χ0) is 35.2. The predicted octanol–water partition coefficient (Wildman–Crippen LogP) is 9.66. The molecule has 2 aromatic rings. The van der Waals surface area contributed by atoms with Crippen LogP contribution >= 0.6 is 0 Å². The first-order valence-corrected chi connectivity index (χ1v) is 13.2. The summed E-state index contributed by atoms with van der Waals surface area (Å²) in [5.74, 6) is -16.1. The molecule has 0 amide bonds. The van der Waals surface area contributed by atoms with Gasteiger partial charge in [-0.25, -0.2) is 19.4 Å². The third kappa shape index (κ3) is 9.51. The smallest absolute Gasteiger partial charge is 0.460 e. The molecular weight excluding hydrogens is 673 g/mol. The van der Waals surface area contributed by atoms with Gasteiger partial charge in [0.25, 0.3) is 0 Å². The SMILES string of the molecule is CCCCCCCCc1cnc(-c2ccc(OCC(F)(F)OC(F)(F)C(F)(F)OC(F)(F)C(F)(F)C(F)(F)C(F)(F)F)cc2)nc1. The van der Waals surface area contributed by atoms with Gasteiger partial charge >= 0.3 is 42.5 Å². The van der Waals surface area contributed by atoms with E-state index in [-0.39, 0.29) is 5.82 Å². The third-order valence-corrected chi connectivity index (χ3v) is 6.03. The molecule has 0 fully saturated rings. The number of benzene rings is 1. The van der Waals surface area contributed by atoms with Crippen molar-refractivity contribution in [2.45, 2.75) is 94.3 Å². The van der Waals surface area contributed by atoms with Gasteiger partial charge in [-0.2, -0.15) is 65.9 Å². The third-order valence-electron chi connectivity index (χ3n) is 6.03.